The van der Waals surface area contributed by atoms with E-state index in [9.17, 15) is 26.7 Å². The number of nitrogens with zero attached hydrogens (tertiary/aromatic N) is 1. The molecule has 1 aliphatic heterocycles. The minimum Gasteiger partial charge on any atom is -0.465 e. The summed E-state index contributed by atoms with van der Waals surface area (Å²) in [6, 6.07) is -0.893. The van der Waals surface area contributed by atoms with Crippen molar-refractivity contribution in [3.63, 3.8) is 0 Å². The number of hydrogen-bond acceptors (Lipinski definition) is 7. The largest absolute Gasteiger partial charge is 0.465 e. The molecule has 23 heavy (non-hydrogen) atoms. The van der Waals surface area contributed by atoms with Gasteiger partial charge in [0, 0.05) is 6.54 Å². The summed E-state index contributed by atoms with van der Waals surface area (Å²) >= 11 is 0. The second kappa shape index (κ2) is 6.54. The van der Waals surface area contributed by atoms with Crippen LogP contribution in [0.4, 0.5) is 4.79 Å². The van der Waals surface area contributed by atoms with E-state index in [2.05, 4.69) is 0 Å². The molecular formula is C12H23NO8S2. The number of carbonyl (C=O) groups is 1. The normalized spacial score (nSPS) is 27.0. The van der Waals surface area contributed by atoms with Gasteiger partial charge in [-0.1, -0.05) is 20.8 Å². The van der Waals surface area contributed by atoms with Crippen molar-refractivity contribution in [3.05, 3.63) is 0 Å². The smallest absolute Gasteiger partial charge is 0.407 e. The van der Waals surface area contributed by atoms with Crippen LogP contribution in [0.25, 0.3) is 0 Å². The fraction of sp³-hybridized carbons (Fsp3) is 0.917. The number of amides is 1. The lowest BCUT2D eigenvalue weighted by Gasteiger charge is -2.48. The summed E-state index contributed by atoms with van der Waals surface area (Å²) in [4.78, 5) is 12.5. The minimum absolute atomic E-state index is 0.00609. The van der Waals surface area contributed by atoms with Crippen molar-refractivity contribution < 1.29 is 35.1 Å². The number of piperidine rings is 1. The lowest BCUT2D eigenvalue weighted by molar-refractivity contribution is -0.0717. The summed E-state index contributed by atoms with van der Waals surface area (Å²) in [5.74, 6) is 0. The van der Waals surface area contributed by atoms with Gasteiger partial charge in [-0.25, -0.2) is 4.79 Å². The Hall–Kier alpha value is -0.910. The SMILES string of the molecule is CC(C)(C)C1[C@@H](OS(C)(=O)=O)[C@@H](OS(C)(=O)=O)CCN1C(=O)O. The van der Waals surface area contributed by atoms with Gasteiger partial charge < -0.3 is 10.0 Å². The molecule has 0 spiro atoms. The molecule has 9 nitrogen and oxygen atoms in total. The van der Waals surface area contributed by atoms with Crippen LogP contribution in [0.5, 0.6) is 0 Å². The van der Waals surface area contributed by atoms with Gasteiger partial charge in [-0.2, -0.15) is 16.8 Å². The third kappa shape index (κ3) is 5.90. The highest BCUT2D eigenvalue weighted by atomic mass is 32.2. The summed E-state index contributed by atoms with van der Waals surface area (Å²) in [7, 11) is -7.81. The maximum Gasteiger partial charge on any atom is 0.407 e. The Labute approximate surface area is 136 Å². The van der Waals surface area contributed by atoms with Crippen LogP contribution in [0.15, 0.2) is 0 Å². The van der Waals surface area contributed by atoms with E-state index in [0.717, 1.165) is 17.4 Å². The molecule has 0 aromatic carbocycles. The fourth-order valence-corrected chi connectivity index (χ4v) is 4.06. The Kier molecular flexibility index (Phi) is 5.72. The quantitative estimate of drug-likeness (QED) is 0.705. The molecule has 1 N–H and O–H groups in total. The summed E-state index contributed by atoms with van der Waals surface area (Å²) in [5.41, 5.74) is -0.701. The van der Waals surface area contributed by atoms with Crippen LogP contribution < -0.4 is 0 Å². The van der Waals surface area contributed by atoms with Crippen LogP contribution in [0.1, 0.15) is 27.2 Å². The van der Waals surface area contributed by atoms with Crippen LogP contribution >= 0.6 is 0 Å². The average Bonchev–Trinajstić information content (AvgIpc) is 2.25. The first kappa shape index (κ1) is 20.1. The van der Waals surface area contributed by atoms with Crippen molar-refractivity contribution in [2.24, 2.45) is 5.41 Å². The van der Waals surface area contributed by atoms with Gasteiger partial charge in [0.2, 0.25) is 0 Å². The van der Waals surface area contributed by atoms with E-state index < -0.39 is 50.0 Å². The molecule has 136 valence electrons. The zero-order valence-corrected chi connectivity index (χ0v) is 15.3. The van der Waals surface area contributed by atoms with Crippen LogP contribution in [0.2, 0.25) is 0 Å². The minimum atomic E-state index is -3.95. The second-order valence-electron chi connectivity index (χ2n) is 6.68. The predicted octanol–water partition coefficient (Wildman–Crippen LogP) is 0.474. The summed E-state index contributed by atoms with van der Waals surface area (Å²) in [6.45, 7) is 5.17. The molecule has 1 fully saturated rings. The van der Waals surface area contributed by atoms with Gasteiger partial charge in [-0.3, -0.25) is 8.37 Å². The third-order valence-corrected chi connectivity index (χ3v) is 4.55. The van der Waals surface area contributed by atoms with E-state index in [0.29, 0.717) is 0 Å². The van der Waals surface area contributed by atoms with Crippen molar-refractivity contribution in [1.29, 1.82) is 0 Å². The summed E-state index contributed by atoms with van der Waals surface area (Å²) in [6.07, 6.45) is -1.90. The number of rotatable bonds is 4. The molecule has 1 rings (SSSR count). The number of carboxylic acid groups (broad SMARTS) is 1. The molecule has 11 heteroatoms. The van der Waals surface area contributed by atoms with Crippen LogP contribution in [-0.2, 0) is 28.6 Å². The number of hydrogen-bond donors (Lipinski definition) is 1. The average molecular weight is 373 g/mol. The molecule has 1 heterocycles. The van der Waals surface area contributed by atoms with Gasteiger partial charge in [0.1, 0.15) is 12.2 Å². The maximum atomic E-state index is 11.6. The second-order valence-corrected chi connectivity index (χ2v) is 9.88. The van der Waals surface area contributed by atoms with Crippen molar-refractivity contribution in [3.8, 4) is 0 Å². The summed E-state index contributed by atoms with van der Waals surface area (Å²) in [5, 5.41) is 9.37. The molecule has 1 saturated heterocycles. The summed E-state index contributed by atoms with van der Waals surface area (Å²) < 4.78 is 56.0. The highest BCUT2D eigenvalue weighted by Gasteiger charge is 2.49. The predicted molar refractivity (Wildman–Crippen MR) is 82.0 cm³/mol. The first-order valence-corrected chi connectivity index (χ1v) is 10.5. The lowest BCUT2D eigenvalue weighted by Crippen LogP contribution is -2.63. The van der Waals surface area contributed by atoms with E-state index >= 15 is 0 Å². The van der Waals surface area contributed by atoms with Crippen LogP contribution in [-0.4, -0.2) is 70.2 Å². The molecule has 0 aliphatic carbocycles. The Balaban J connectivity index is 3.33. The lowest BCUT2D eigenvalue weighted by atomic mass is 9.78. The first-order chi connectivity index (χ1) is 10.1. The first-order valence-electron chi connectivity index (χ1n) is 6.88. The molecule has 1 aliphatic rings. The third-order valence-electron chi connectivity index (χ3n) is 3.39. The van der Waals surface area contributed by atoms with Crippen molar-refractivity contribution in [2.45, 2.75) is 45.4 Å². The zero-order chi connectivity index (χ0) is 18.2. The van der Waals surface area contributed by atoms with Crippen molar-refractivity contribution in [1.82, 2.24) is 4.90 Å². The Morgan fingerprint density at radius 1 is 1.09 bits per heavy atom. The Morgan fingerprint density at radius 3 is 1.91 bits per heavy atom. The van der Waals surface area contributed by atoms with Crippen LogP contribution in [0, 0.1) is 5.41 Å². The molecule has 0 radical (unpaired) electrons. The van der Waals surface area contributed by atoms with Crippen molar-refractivity contribution >= 4 is 26.3 Å². The van der Waals surface area contributed by atoms with E-state index in [-0.39, 0.29) is 13.0 Å². The molecule has 0 aromatic heterocycles. The highest BCUT2D eigenvalue weighted by molar-refractivity contribution is 7.86. The topological polar surface area (TPSA) is 127 Å². The molecular weight excluding hydrogens is 350 g/mol. The molecule has 3 atom stereocenters. The Bertz CT molecular complexity index is 649. The molecule has 0 saturated carbocycles. The van der Waals surface area contributed by atoms with Gasteiger partial charge in [-0.15, -0.1) is 0 Å². The highest BCUT2D eigenvalue weighted by Crippen LogP contribution is 2.36. The maximum absolute atomic E-state index is 11.6. The van der Waals surface area contributed by atoms with E-state index in [4.69, 9.17) is 8.37 Å². The van der Waals surface area contributed by atoms with Gasteiger partial charge in [0.05, 0.1) is 18.6 Å². The van der Waals surface area contributed by atoms with E-state index in [1.54, 1.807) is 20.8 Å². The van der Waals surface area contributed by atoms with Crippen LogP contribution in [0.3, 0.4) is 0 Å². The standard InChI is InChI=1S/C12H23NO8S2/c1-12(2,3)10-9(21-23(5,18)19)8(20-22(4,16)17)6-7-13(10)11(14)15/h8-10H,6-7H2,1-5H3,(H,14,15)/t8-,9-,10?/m0/s1. The Morgan fingerprint density at radius 2 is 1.57 bits per heavy atom. The van der Waals surface area contributed by atoms with Gasteiger partial charge in [0.25, 0.3) is 20.2 Å². The van der Waals surface area contributed by atoms with Gasteiger partial charge in [0.15, 0.2) is 0 Å². The van der Waals surface area contributed by atoms with E-state index in [1.165, 1.54) is 0 Å². The monoisotopic (exact) mass is 373 g/mol. The van der Waals surface area contributed by atoms with Gasteiger partial charge >= 0.3 is 6.09 Å². The molecule has 0 bridgehead atoms. The molecule has 0 aromatic rings. The zero-order valence-electron chi connectivity index (χ0n) is 13.7. The number of likely N-dealkylation sites (tertiary alicyclic amines) is 1. The molecule has 1 amide bonds. The van der Waals surface area contributed by atoms with Gasteiger partial charge in [-0.05, 0) is 11.8 Å². The fourth-order valence-electron chi connectivity index (χ4n) is 2.77. The van der Waals surface area contributed by atoms with Crippen molar-refractivity contribution in [2.75, 3.05) is 19.1 Å². The molecule has 1 unspecified atom stereocenters. The van der Waals surface area contributed by atoms with E-state index in [1.807, 2.05) is 0 Å².